The fraction of sp³-hybridized carbons (Fsp3) is 0.333. The van der Waals surface area contributed by atoms with Crippen molar-refractivity contribution in [2.24, 2.45) is 0 Å². The van der Waals surface area contributed by atoms with Gasteiger partial charge in [-0.05, 0) is 44.5 Å². The Hall–Kier alpha value is -1.36. The normalized spacial score (nSPS) is 11.1. The molecule has 0 heterocycles. The molecule has 2 N–H and O–H groups in total. The Morgan fingerprint density at radius 1 is 1.35 bits per heavy atom. The number of benzene rings is 1. The van der Waals surface area contributed by atoms with Gasteiger partial charge in [-0.25, -0.2) is 4.79 Å². The lowest BCUT2D eigenvalue weighted by molar-refractivity contribution is -0.143. The number of carbonyl (C=O) groups excluding carboxylic acids is 1. The summed E-state index contributed by atoms with van der Waals surface area (Å²) in [6.45, 7) is 4.69. The van der Waals surface area contributed by atoms with Crippen LogP contribution in [0.3, 0.4) is 0 Å². The topological polar surface area (TPSA) is 66.4 Å². The molecule has 1 amide bonds. The lowest BCUT2D eigenvalue weighted by Crippen LogP contribution is -2.49. The van der Waals surface area contributed by atoms with Gasteiger partial charge in [-0.15, -0.1) is 0 Å². The number of amides is 1. The maximum Gasteiger partial charge on any atom is 0.328 e. The first-order valence-corrected chi connectivity index (χ1v) is 5.85. The van der Waals surface area contributed by atoms with E-state index in [-0.39, 0.29) is 5.91 Å². The van der Waals surface area contributed by atoms with Crippen LogP contribution in [0.1, 0.15) is 29.8 Å². The standard InChI is InChI=1S/C12H14BrNO3/c1-7-6-8(13)4-5-9(7)10(15)14-12(2,3)11(16)17/h4-6H,1-3H3,(H,14,15)(H,16,17). The minimum Gasteiger partial charge on any atom is -0.480 e. The zero-order valence-corrected chi connectivity index (χ0v) is 11.5. The van der Waals surface area contributed by atoms with Crippen LogP contribution < -0.4 is 5.32 Å². The highest BCUT2D eigenvalue weighted by Crippen LogP contribution is 2.16. The highest BCUT2D eigenvalue weighted by Gasteiger charge is 2.29. The molecule has 5 heteroatoms. The molecule has 0 spiro atoms. The second-order valence-electron chi connectivity index (χ2n) is 4.34. The smallest absolute Gasteiger partial charge is 0.328 e. The Balaban J connectivity index is 2.95. The van der Waals surface area contributed by atoms with Gasteiger partial charge in [0.05, 0.1) is 0 Å². The third-order valence-electron chi connectivity index (χ3n) is 2.39. The number of aliphatic carboxylic acids is 1. The Bertz CT molecular complexity index is 469. The van der Waals surface area contributed by atoms with E-state index in [1.165, 1.54) is 13.8 Å². The van der Waals surface area contributed by atoms with Gasteiger partial charge < -0.3 is 10.4 Å². The lowest BCUT2D eigenvalue weighted by Gasteiger charge is -2.21. The van der Waals surface area contributed by atoms with Crippen LogP contribution in [0.5, 0.6) is 0 Å². The molecule has 0 bridgehead atoms. The quantitative estimate of drug-likeness (QED) is 0.900. The van der Waals surface area contributed by atoms with Crippen molar-refractivity contribution in [1.82, 2.24) is 5.32 Å². The molecule has 92 valence electrons. The van der Waals surface area contributed by atoms with Gasteiger partial charge >= 0.3 is 5.97 Å². The van der Waals surface area contributed by atoms with Crippen molar-refractivity contribution >= 4 is 27.8 Å². The molecule has 1 aromatic rings. The fourth-order valence-corrected chi connectivity index (χ4v) is 1.76. The minimum absolute atomic E-state index is 0.387. The maximum atomic E-state index is 11.9. The van der Waals surface area contributed by atoms with E-state index in [1.807, 2.05) is 6.07 Å². The summed E-state index contributed by atoms with van der Waals surface area (Å²) in [5.74, 6) is -1.46. The number of nitrogens with one attached hydrogen (secondary N) is 1. The molecule has 0 saturated carbocycles. The third-order valence-corrected chi connectivity index (χ3v) is 2.89. The number of aryl methyl sites for hydroxylation is 1. The van der Waals surface area contributed by atoms with E-state index in [2.05, 4.69) is 21.2 Å². The SMILES string of the molecule is Cc1cc(Br)ccc1C(=O)NC(C)(C)C(=O)O. The van der Waals surface area contributed by atoms with Crippen molar-refractivity contribution in [2.75, 3.05) is 0 Å². The Labute approximate surface area is 108 Å². The predicted molar refractivity (Wildman–Crippen MR) is 68.1 cm³/mol. The molecule has 1 rings (SSSR count). The fourth-order valence-electron chi connectivity index (χ4n) is 1.29. The summed E-state index contributed by atoms with van der Waals surface area (Å²) < 4.78 is 0.879. The van der Waals surface area contributed by atoms with Gasteiger partial charge in [-0.3, -0.25) is 4.79 Å². The number of carbonyl (C=O) groups is 2. The minimum atomic E-state index is -1.28. The third kappa shape index (κ3) is 3.30. The van der Waals surface area contributed by atoms with Gasteiger partial charge in [0.15, 0.2) is 0 Å². The Kier molecular flexibility index (Phi) is 3.93. The van der Waals surface area contributed by atoms with Crippen molar-refractivity contribution in [3.63, 3.8) is 0 Å². The zero-order valence-electron chi connectivity index (χ0n) is 9.87. The molecule has 17 heavy (non-hydrogen) atoms. The monoisotopic (exact) mass is 299 g/mol. The molecular formula is C12H14BrNO3. The molecular weight excluding hydrogens is 286 g/mol. The van der Waals surface area contributed by atoms with Gasteiger partial charge in [0.2, 0.25) is 0 Å². The summed E-state index contributed by atoms with van der Waals surface area (Å²) >= 11 is 3.30. The Morgan fingerprint density at radius 3 is 2.41 bits per heavy atom. The molecule has 4 nitrogen and oxygen atoms in total. The van der Waals surface area contributed by atoms with E-state index >= 15 is 0 Å². The van der Waals surface area contributed by atoms with Crippen molar-refractivity contribution in [3.8, 4) is 0 Å². The average molecular weight is 300 g/mol. The first-order chi connectivity index (χ1) is 7.74. The summed E-state index contributed by atoms with van der Waals surface area (Å²) in [6, 6.07) is 5.21. The predicted octanol–water partition coefficient (Wildman–Crippen LogP) is 2.35. The van der Waals surface area contributed by atoms with E-state index in [9.17, 15) is 9.59 Å². The maximum absolute atomic E-state index is 11.9. The molecule has 0 aliphatic carbocycles. The summed E-state index contributed by atoms with van der Waals surface area (Å²) in [6.07, 6.45) is 0. The average Bonchev–Trinajstić information content (AvgIpc) is 2.15. The van der Waals surface area contributed by atoms with Gasteiger partial charge in [0.1, 0.15) is 5.54 Å². The van der Waals surface area contributed by atoms with Crippen LogP contribution in [-0.4, -0.2) is 22.5 Å². The molecule has 0 unspecified atom stereocenters. The molecule has 1 aromatic carbocycles. The number of hydrogen-bond acceptors (Lipinski definition) is 2. The van der Waals surface area contributed by atoms with E-state index in [4.69, 9.17) is 5.11 Å². The van der Waals surface area contributed by atoms with E-state index in [1.54, 1.807) is 19.1 Å². The summed E-state index contributed by atoms with van der Waals surface area (Å²) in [4.78, 5) is 22.8. The van der Waals surface area contributed by atoms with Crippen molar-refractivity contribution in [3.05, 3.63) is 33.8 Å². The van der Waals surface area contributed by atoms with E-state index in [0.717, 1.165) is 10.0 Å². The van der Waals surface area contributed by atoms with Crippen LogP contribution in [0, 0.1) is 6.92 Å². The first-order valence-electron chi connectivity index (χ1n) is 5.06. The van der Waals surface area contributed by atoms with Crippen LogP contribution >= 0.6 is 15.9 Å². The number of carboxylic acid groups (broad SMARTS) is 1. The van der Waals surface area contributed by atoms with Crippen molar-refractivity contribution in [2.45, 2.75) is 26.3 Å². The van der Waals surface area contributed by atoms with Gasteiger partial charge in [0.25, 0.3) is 5.91 Å². The second kappa shape index (κ2) is 4.87. The van der Waals surface area contributed by atoms with Gasteiger partial charge in [-0.1, -0.05) is 15.9 Å². The molecule has 0 saturated heterocycles. The molecule has 0 atom stereocenters. The number of halogens is 1. The molecule has 0 aromatic heterocycles. The van der Waals surface area contributed by atoms with Crippen LogP contribution in [-0.2, 0) is 4.79 Å². The van der Waals surface area contributed by atoms with E-state index < -0.39 is 11.5 Å². The lowest BCUT2D eigenvalue weighted by atomic mass is 10.0. The van der Waals surface area contributed by atoms with Crippen LogP contribution in [0.2, 0.25) is 0 Å². The van der Waals surface area contributed by atoms with Crippen LogP contribution in [0.15, 0.2) is 22.7 Å². The highest BCUT2D eigenvalue weighted by molar-refractivity contribution is 9.10. The van der Waals surface area contributed by atoms with Crippen molar-refractivity contribution in [1.29, 1.82) is 0 Å². The van der Waals surface area contributed by atoms with Gasteiger partial charge in [-0.2, -0.15) is 0 Å². The van der Waals surface area contributed by atoms with Crippen LogP contribution in [0.25, 0.3) is 0 Å². The highest BCUT2D eigenvalue weighted by atomic mass is 79.9. The van der Waals surface area contributed by atoms with Gasteiger partial charge in [0, 0.05) is 10.0 Å². The summed E-state index contributed by atoms with van der Waals surface area (Å²) in [7, 11) is 0. The molecule has 0 aliphatic heterocycles. The summed E-state index contributed by atoms with van der Waals surface area (Å²) in [5.41, 5.74) is -0.0167. The van der Waals surface area contributed by atoms with E-state index in [0.29, 0.717) is 5.56 Å². The largest absolute Gasteiger partial charge is 0.480 e. The molecule has 0 fully saturated rings. The Morgan fingerprint density at radius 2 is 1.94 bits per heavy atom. The molecule has 0 radical (unpaired) electrons. The second-order valence-corrected chi connectivity index (χ2v) is 5.26. The zero-order chi connectivity index (χ0) is 13.2. The number of hydrogen-bond donors (Lipinski definition) is 2. The van der Waals surface area contributed by atoms with Crippen LogP contribution in [0.4, 0.5) is 0 Å². The van der Waals surface area contributed by atoms with Crippen molar-refractivity contribution < 1.29 is 14.7 Å². The summed E-state index contributed by atoms with van der Waals surface area (Å²) in [5, 5.41) is 11.4. The number of rotatable bonds is 3. The number of carboxylic acids is 1. The molecule has 0 aliphatic rings. The first kappa shape index (κ1) is 13.7.